The highest BCUT2D eigenvalue weighted by molar-refractivity contribution is 7.89. The molecule has 2 unspecified atom stereocenters. The maximum Gasteiger partial charge on any atom is 0.211 e. The fourth-order valence-electron chi connectivity index (χ4n) is 2.52. The molecule has 100 valence electrons. The van der Waals surface area contributed by atoms with E-state index >= 15 is 0 Å². The standard InChI is InChI=1S/C12H24N2O2S/c13-12-4-2-1-3-11(12)9-14-17(15,16)8-7-10-5-6-10/h10-12,14H,1-9,13H2. The third kappa shape index (κ3) is 4.56. The van der Waals surface area contributed by atoms with Crippen molar-refractivity contribution in [2.24, 2.45) is 17.6 Å². The lowest BCUT2D eigenvalue weighted by Crippen LogP contribution is -2.41. The van der Waals surface area contributed by atoms with Crippen molar-refractivity contribution in [3.8, 4) is 0 Å². The van der Waals surface area contributed by atoms with E-state index in [1.165, 1.54) is 25.7 Å². The van der Waals surface area contributed by atoms with Crippen molar-refractivity contribution in [2.75, 3.05) is 12.3 Å². The van der Waals surface area contributed by atoms with Crippen molar-refractivity contribution in [2.45, 2.75) is 51.0 Å². The van der Waals surface area contributed by atoms with E-state index in [1.807, 2.05) is 0 Å². The van der Waals surface area contributed by atoms with Crippen LogP contribution in [0.2, 0.25) is 0 Å². The van der Waals surface area contributed by atoms with E-state index in [0.29, 0.717) is 24.1 Å². The minimum absolute atomic E-state index is 0.176. The van der Waals surface area contributed by atoms with Gasteiger partial charge in [0.2, 0.25) is 10.0 Å². The summed E-state index contributed by atoms with van der Waals surface area (Å²) in [6.07, 6.45) is 7.72. The summed E-state index contributed by atoms with van der Waals surface area (Å²) in [5.41, 5.74) is 6.01. The van der Waals surface area contributed by atoms with Gasteiger partial charge in [0.15, 0.2) is 0 Å². The lowest BCUT2D eigenvalue weighted by molar-refractivity contribution is 0.308. The number of nitrogens with one attached hydrogen (secondary N) is 1. The van der Waals surface area contributed by atoms with E-state index < -0.39 is 10.0 Å². The zero-order valence-corrected chi connectivity index (χ0v) is 11.2. The van der Waals surface area contributed by atoms with Gasteiger partial charge >= 0.3 is 0 Å². The Morgan fingerprint density at radius 1 is 1.12 bits per heavy atom. The predicted octanol–water partition coefficient (Wildman–Crippen LogP) is 1.22. The summed E-state index contributed by atoms with van der Waals surface area (Å²) in [5, 5.41) is 0. The van der Waals surface area contributed by atoms with Gasteiger partial charge in [0, 0.05) is 12.6 Å². The van der Waals surface area contributed by atoms with Crippen LogP contribution in [0.3, 0.4) is 0 Å². The van der Waals surface area contributed by atoms with Gasteiger partial charge in [-0.3, -0.25) is 0 Å². The lowest BCUT2D eigenvalue weighted by Gasteiger charge is -2.28. The number of hydrogen-bond acceptors (Lipinski definition) is 3. The molecule has 5 heteroatoms. The molecule has 0 aliphatic heterocycles. The van der Waals surface area contributed by atoms with Crippen LogP contribution >= 0.6 is 0 Å². The first-order chi connectivity index (χ1) is 8.07. The molecule has 0 aromatic carbocycles. The van der Waals surface area contributed by atoms with Crippen molar-refractivity contribution >= 4 is 10.0 Å². The fourth-order valence-corrected chi connectivity index (χ4v) is 3.78. The molecule has 0 spiro atoms. The minimum atomic E-state index is -3.07. The maximum atomic E-state index is 11.8. The average molecular weight is 260 g/mol. The van der Waals surface area contributed by atoms with Gasteiger partial charge in [-0.2, -0.15) is 0 Å². The zero-order valence-electron chi connectivity index (χ0n) is 10.4. The van der Waals surface area contributed by atoms with E-state index in [-0.39, 0.29) is 6.04 Å². The fraction of sp³-hybridized carbons (Fsp3) is 1.00. The largest absolute Gasteiger partial charge is 0.327 e. The molecule has 2 atom stereocenters. The Morgan fingerprint density at radius 3 is 2.47 bits per heavy atom. The summed E-state index contributed by atoms with van der Waals surface area (Å²) in [6, 6.07) is 0.176. The van der Waals surface area contributed by atoms with Crippen LogP contribution in [0.4, 0.5) is 0 Å². The summed E-state index contributed by atoms with van der Waals surface area (Å²) in [6.45, 7) is 0.536. The molecule has 3 N–H and O–H groups in total. The second-order valence-electron chi connectivity index (χ2n) is 5.61. The van der Waals surface area contributed by atoms with Crippen molar-refractivity contribution in [3.05, 3.63) is 0 Å². The van der Waals surface area contributed by atoms with E-state index in [9.17, 15) is 8.42 Å². The zero-order chi connectivity index (χ0) is 12.3. The Morgan fingerprint density at radius 2 is 1.82 bits per heavy atom. The van der Waals surface area contributed by atoms with Crippen LogP contribution in [0.15, 0.2) is 0 Å². The molecule has 2 saturated carbocycles. The highest BCUT2D eigenvalue weighted by Crippen LogP contribution is 2.32. The van der Waals surface area contributed by atoms with Crippen LogP contribution in [0, 0.1) is 11.8 Å². The smallest absolute Gasteiger partial charge is 0.211 e. The van der Waals surface area contributed by atoms with E-state index in [1.54, 1.807) is 0 Å². The highest BCUT2D eigenvalue weighted by atomic mass is 32.2. The number of hydrogen-bond donors (Lipinski definition) is 2. The molecule has 2 fully saturated rings. The van der Waals surface area contributed by atoms with E-state index in [0.717, 1.165) is 19.3 Å². The van der Waals surface area contributed by atoms with Gasteiger partial charge < -0.3 is 5.73 Å². The number of rotatable bonds is 6. The SMILES string of the molecule is NC1CCCCC1CNS(=O)(=O)CCC1CC1. The molecular weight excluding hydrogens is 236 g/mol. The second-order valence-corrected chi connectivity index (χ2v) is 7.53. The van der Waals surface area contributed by atoms with Crippen LogP contribution in [-0.4, -0.2) is 26.8 Å². The molecule has 17 heavy (non-hydrogen) atoms. The molecule has 2 aliphatic carbocycles. The molecule has 0 saturated heterocycles. The van der Waals surface area contributed by atoms with Gasteiger partial charge in [0.25, 0.3) is 0 Å². The number of sulfonamides is 1. The summed E-state index contributed by atoms with van der Waals surface area (Å²) in [5.74, 6) is 1.29. The molecule has 0 amide bonds. The van der Waals surface area contributed by atoms with Crippen molar-refractivity contribution in [1.82, 2.24) is 4.72 Å². The van der Waals surface area contributed by atoms with Gasteiger partial charge in [0.05, 0.1) is 5.75 Å². The van der Waals surface area contributed by atoms with Gasteiger partial charge in [-0.25, -0.2) is 13.1 Å². The van der Waals surface area contributed by atoms with Crippen LogP contribution in [0.1, 0.15) is 44.9 Å². The van der Waals surface area contributed by atoms with Crippen molar-refractivity contribution < 1.29 is 8.42 Å². The van der Waals surface area contributed by atoms with E-state index in [2.05, 4.69) is 4.72 Å². The van der Waals surface area contributed by atoms with Gasteiger partial charge in [-0.15, -0.1) is 0 Å². The predicted molar refractivity (Wildman–Crippen MR) is 69.1 cm³/mol. The first kappa shape index (κ1) is 13.3. The minimum Gasteiger partial charge on any atom is -0.327 e. The topological polar surface area (TPSA) is 72.2 Å². The molecule has 0 heterocycles. The van der Waals surface area contributed by atoms with Gasteiger partial charge in [-0.1, -0.05) is 25.7 Å². The summed E-state index contributed by atoms with van der Waals surface area (Å²) < 4.78 is 26.3. The van der Waals surface area contributed by atoms with Gasteiger partial charge in [-0.05, 0) is 31.1 Å². The second kappa shape index (κ2) is 5.67. The summed E-state index contributed by atoms with van der Waals surface area (Å²) >= 11 is 0. The molecule has 0 aromatic rings. The van der Waals surface area contributed by atoms with Crippen LogP contribution in [0.25, 0.3) is 0 Å². The third-order valence-electron chi connectivity index (χ3n) is 4.03. The lowest BCUT2D eigenvalue weighted by atomic mass is 9.85. The Bertz CT molecular complexity index is 338. The Balaban J connectivity index is 1.71. The van der Waals surface area contributed by atoms with Gasteiger partial charge in [0.1, 0.15) is 0 Å². The Hall–Kier alpha value is -0.130. The molecule has 2 rings (SSSR count). The van der Waals surface area contributed by atoms with E-state index in [4.69, 9.17) is 5.73 Å². The van der Waals surface area contributed by atoms with Crippen LogP contribution in [0.5, 0.6) is 0 Å². The summed E-state index contributed by atoms with van der Waals surface area (Å²) in [4.78, 5) is 0. The molecule has 4 nitrogen and oxygen atoms in total. The van der Waals surface area contributed by atoms with Crippen LogP contribution < -0.4 is 10.5 Å². The molecule has 0 radical (unpaired) electrons. The molecular formula is C12H24N2O2S. The third-order valence-corrected chi connectivity index (χ3v) is 5.40. The first-order valence-electron chi connectivity index (χ1n) is 6.80. The normalized spacial score (nSPS) is 30.4. The monoisotopic (exact) mass is 260 g/mol. The average Bonchev–Trinajstić information content (AvgIpc) is 3.09. The number of nitrogens with two attached hydrogens (primary N) is 1. The molecule has 2 aliphatic rings. The maximum absolute atomic E-state index is 11.8. The Labute approximate surface area is 104 Å². The summed E-state index contributed by atoms with van der Waals surface area (Å²) in [7, 11) is -3.07. The van der Waals surface area contributed by atoms with Crippen molar-refractivity contribution in [1.29, 1.82) is 0 Å². The Kier molecular flexibility index (Phi) is 4.44. The van der Waals surface area contributed by atoms with Crippen molar-refractivity contribution in [3.63, 3.8) is 0 Å². The van der Waals surface area contributed by atoms with Crippen LogP contribution in [-0.2, 0) is 10.0 Å². The highest BCUT2D eigenvalue weighted by Gasteiger charge is 2.26. The molecule has 0 bridgehead atoms. The first-order valence-corrected chi connectivity index (χ1v) is 8.45. The molecule has 0 aromatic heterocycles. The quantitative estimate of drug-likeness (QED) is 0.754.